The molecule has 0 saturated heterocycles. The maximum Gasteiger partial charge on any atom is 0.328 e. The number of phenolic OH excluding ortho intramolecular Hbond substituents is 1. The van der Waals surface area contributed by atoms with Gasteiger partial charge in [-0.1, -0.05) is 48.5 Å². The predicted molar refractivity (Wildman–Crippen MR) is 100.0 cm³/mol. The zero-order valence-electron chi connectivity index (χ0n) is 14.2. The molecule has 0 unspecified atom stereocenters. The van der Waals surface area contributed by atoms with Crippen LogP contribution in [0.5, 0.6) is 29.3 Å². The number of aromatic nitrogens is 3. The fraction of sp³-hybridized carbons (Fsp3) is 0. The standard InChI is InChI=1S/C21H15N3O3/c25-18-14-8-7-13-17(18)19-22-20(26-15-9-3-1-4-10-15)24-21(23-19)27-16-11-5-2-6-12-16/h1-14,25H. The Hall–Kier alpha value is -3.93. The Morgan fingerprint density at radius 3 is 1.56 bits per heavy atom. The lowest BCUT2D eigenvalue weighted by atomic mass is 10.2. The zero-order valence-corrected chi connectivity index (χ0v) is 14.2. The van der Waals surface area contributed by atoms with E-state index in [1.807, 2.05) is 36.4 Å². The Balaban J connectivity index is 1.75. The Bertz CT molecular complexity index is 981. The third-order valence-electron chi connectivity index (χ3n) is 3.64. The topological polar surface area (TPSA) is 77.4 Å². The first-order valence-electron chi connectivity index (χ1n) is 8.28. The van der Waals surface area contributed by atoms with Gasteiger partial charge >= 0.3 is 12.0 Å². The molecule has 0 aliphatic rings. The van der Waals surface area contributed by atoms with Crippen LogP contribution in [0.15, 0.2) is 84.9 Å². The van der Waals surface area contributed by atoms with Crippen molar-refractivity contribution in [3.63, 3.8) is 0 Å². The molecule has 4 aromatic rings. The molecule has 27 heavy (non-hydrogen) atoms. The first kappa shape index (κ1) is 16.5. The molecule has 0 saturated carbocycles. The summed E-state index contributed by atoms with van der Waals surface area (Å²) in [6.07, 6.45) is 0. The van der Waals surface area contributed by atoms with Crippen molar-refractivity contribution in [1.82, 2.24) is 15.0 Å². The van der Waals surface area contributed by atoms with Gasteiger partial charge in [0.05, 0.1) is 5.56 Å². The molecular weight excluding hydrogens is 342 g/mol. The van der Waals surface area contributed by atoms with Crippen molar-refractivity contribution < 1.29 is 14.6 Å². The predicted octanol–water partition coefficient (Wildman–Crippen LogP) is 4.83. The molecule has 132 valence electrons. The molecule has 6 heteroatoms. The second kappa shape index (κ2) is 7.53. The summed E-state index contributed by atoms with van der Waals surface area (Å²) in [6, 6.07) is 25.3. The lowest BCUT2D eigenvalue weighted by Gasteiger charge is -2.09. The monoisotopic (exact) mass is 357 g/mol. The van der Waals surface area contributed by atoms with E-state index in [1.54, 1.807) is 48.5 Å². The minimum Gasteiger partial charge on any atom is -0.507 e. The average molecular weight is 357 g/mol. The maximum absolute atomic E-state index is 10.1. The van der Waals surface area contributed by atoms with Crippen LogP contribution in [0.3, 0.4) is 0 Å². The molecule has 1 aromatic heterocycles. The first-order chi connectivity index (χ1) is 13.3. The third-order valence-corrected chi connectivity index (χ3v) is 3.64. The Labute approximate surface area is 155 Å². The van der Waals surface area contributed by atoms with Crippen LogP contribution in [0.25, 0.3) is 11.4 Å². The molecule has 0 fully saturated rings. The number of benzene rings is 3. The van der Waals surface area contributed by atoms with Crippen LogP contribution in [-0.2, 0) is 0 Å². The van der Waals surface area contributed by atoms with E-state index in [1.165, 1.54) is 0 Å². The Morgan fingerprint density at radius 2 is 1.04 bits per heavy atom. The SMILES string of the molecule is Oc1ccccc1-c1nc(Oc2ccccc2)nc(Oc2ccccc2)n1. The number of aromatic hydroxyl groups is 1. The van der Waals surface area contributed by atoms with Crippen molar-refractivity contribution in [3.05, 3.63) is 84.9 Å². The second-order valence-corrected chi connectivity index (χ2v) is 5.57. The molecule has 0 spiro atoms. The van der Waals surface area contributed by atoms with Crippen LogP contribution in [0.1, 0.15) is 0 Å². The third kappa shape index (κ3) is 4.01. The van der Waals surface area contributed by atoms with Crippen molar-refractivity contribution in [2.24, 2.45) is 0 Å². The van der Waals surface area contributed by atoms with E-state index < -0.39 is 0 Å². The van der Waals surface area contributed by atoms with Crippen LogP contribution >= 0.6 is 0 Å². The van der Waals surface area contributed by atoms with Gasteiger partial charge in [-0.2, -0.15) is 9.97 Å². The van der Waals surface area contributed by atoms with Gasteiger partial charge in [-0.15, -0.1) is 4.98 Å². The largest absolute Gasteiger partial charge is 0.507 e. The highest BCUT2D eigenvalue weighted by atomic mass is 16.5. The summed E-state index contributed by atoms with van der Waals surface area (Å²) in [5, 5.41) is 10.1. The van der Waals surface area contributed by atoms with Gasteiger partial charge in [0, 0.05) is 0 Å². The molecule has 1 N–H and O–H groups in total. The van der Waals surface area contributed by atoms with E-state index >= 15 is 0 Å². The minimum absolute atomic E-state index is 0.0556. The number of para-hydroxylation sites is 3. The van der Waals surface area contributed by atoms with Crippen molar-refractivity contribution in [2.45, 2.75) is 0 Å². The van der Waals surface area contributed by atoms with Gasteiger partial charge in [-0.3, -0.25) is 0 Å². The molecule has 6 nitrogen and oxygen atoms in total. The smallest absolute Gasteiger partial charge is 0.328 e. The highest BCUT2D eigenvalue weighted by molar-refractivity contribution is 5.63. The highest BCUT2D eigenvalue weighted by Gasteiger charge is 2.14. The van der Waals surface area contributed by atoms with E-state index in [9.17, 15) is 5.11 Å². The number of hydrogen-bond acceptors (Lipinski definition) is 6. The molecule has 1 heterocycles. The fourth-order valence-corrected chi connectivity index (χ4v) is 2.40. The Kier molecular flexibility index (Phi) is 4.61. The van der Waals surface area contributed by atoms with Crippen LogP contribution in [0.2, 0.25) is 0 Å². The van der Waals surface area contributed by atoms with Crippen LogP contribution in [0, 0.1) is 0 Å². The molecule has 0 aliphatic heterocycles. The molecule has 4 rings (SSSR count). The zero-order chi connectivity index (χ0) is 18.5. The molecule has 3 aromatic carbocycles. The average Bonchev–Trinajstić information content (AvgIpc) is 2.70. The Morgan fingerprint density at radius 1 is 0.556 bits per heavy atom. The first-order valence-corrected chi connectivity index (χ1v) is 8.28. The quantitative estimate of drug-likeness (QED) is 0.551. The summed E-state index contributed by atoms with van der Waals surface area (Å²) < 4.78 is 11.5. The number of phenols is 1. The van der Waals surface area contributed by atoms with E-state index in [0.717, 1.165) is 0 Å². The van der Waals surface area contributed by atoms with Crippen LogP contribution in [-0.4, -0.2) is 20.1 Å². The molecule has 0 amide bonds. The minimum atomic E-state index is 0.0556. The molecular formula is C21H15N3O3. The molecule has 0 radical (unpaired) electrons. The lowest BCUT2D eigenvalue weighted by molar-refractivity contribution is 0.398. The van der Waals surface area contributed by atoms with E-state index in [-0.39, 0.29) is 23.6 Å². The summed E-state index contributed by atoms with van der Waals surface area (Å²) >= 11 is 0. The summed E-state index contributed by atoms with van der Waals surface area (Å²) in [5.41, 5.74) is 0.454. The van der Waals surface area contributed by atoms with Crippen molar-refractivity contribution in [1.29, 1.82) is 0 Å². The number of hydrogen-bond donors (Lipinski definition) is 1. The van der Waals surface area contributed by atoms with Gasteiger partial charge in [0.15, 0.2) is 5.82 Å². The number of nitrogens with zero attached hydrogens (tertiary/aromatic N) is 3. The van der Waals surface area contributed by atoms with Crippen molar-refractivity contribution in [3.8, 4) is 40.7 Å². The molecule has 0 bridgehead atoms. The normalized spacial score (nSPS) is 10.4. The summed E-state index contributed by atoms with van der Waals surface area (Å²) in [7, 11) is 0. The van der Waals surface area contributed by atoms with Gasteiger partial charge in [0.1, 0.15) is 17.2 Å². The fourth-order valence-electron chi connectivity index (χ4n) is 2.40. The highest BCUT2D eigenvalue weighted by Crippen LogP contribution is 2.30. The van der Waals surface area contributed by atoms with Gasteiger partial charge in [-0.25, -0.2) is 0 Å². The van der Waals surface area contributed by atoms with Gasteiger partial charge in [-0.05, 0) is 36.4 Å². The summed E-state index contributed by atoms with van der Waals surface area (Å²) in [5.74, 6) is 1.47. The number of rotatable bonds is 5. The lowest BCUT2D eigenvalue weighted by Crippen LogP contribution is -2.01. The van der Waals surface area contributed by atoms with Crippen LogP contribution < -0.4 is 9.47 Å². The maximum atomic E-state index is 10.1. The van der Waals surface area contributed by atoms with Gasteiger partial charge < -0.3 is 14.6 Å². The van der Waals surface area contributed by atoms with E-state index in [0.29, 0.717) is 17.1 Å². The van der Waals surface area contributed by atoms with Gasteiger partial charge in [0.2, 0.25) is 0 Å². The number of ether oxygens (including phenoxy) is 2. The van der Waals surface area contributed by atoms with Crippen molar-refractivity contribution in [2.75, 3.05) is 0 Å². The molecule has 0 aliphatic carbocycles. The van der Waals surface area contributed by atoms with E-state index in [4.69, 9.17) is 9.47 Å². The summed E-state index contributed by atoms with van der Waals surface area (Å²) in [4.78, 5) is 12.9. The van der Waals surface area contributed by atoms with Gasteiger partial charge in [0.25, 0.3) is 0 Å². The van der Waals surface area contributed by atoms with Crippen LogP contribution in [0.4, 0.5) is 0 Å². The molecule has 0 atom stereocenters. The second-order valence-electron chi connectivity index (χ2n) is 5.57. The van der Waals surface area contributed by atoms with Crippen molar-refractivity contribution >= 4 is 0 Å². The summed E-state index contributed by atoms with van der Waals surface area (Å²) in [6.45, 7) is 0. The van der Waals surface area contributed by atoms with E-state index in [2.05, 4.69) is 15.0 Å².